The molecule has 6 heteroatoms. The molecule has 0 radical (unpaired) electrons. The molecule has 2 heterocycles. The molecule has 2 aliphatic heterocycles. The lowest BCUT2D eigenvalue weighted by molar-refractivity contribution is -0.0462. The van der Waals surface area contributed by atoms with Gasteiger partial charge in [0.05, 0.1) is 12.7 Å². The lowest BCUT2D eigenvalue weighted by atomic mass is 10.1. The zero-order valence-electron chi connectivity index (χ0n) is 11.8. The number of phenols is 2. The summed E-state index contributed by atoms with van der Waals surface area (Å²) in [6, 6.07) is 4.76. The van der Waals surface area contributed by atoms with Gasteiger partial charge >= 0.3 is 0 Å². The molecule has 2 unspecified atom stereocenters. The summed E-state index contributed by atoms with van der Waals surface area (Å²) in [7, 11) is 0. The lowest BCUT2D eigenvalue weighted by Gasteiger charge is -2.35. The van der Waals surface area contributed by atoms with Crippen molar-refractivity contribution in [2.24, 2.45) is 0 Å². The summed E-state index contributed by atoms with van der Waals surface area (Å²) in [6.07, 6.45) is 2.35. The van der Waals surface area contributed by atoms with Crippen LogP contribution in [0.4, 0.5) is 0 Å². The van der Waals surface area contributed by atoms with Gasteiger partial charge in [-0.2, -0.15) is 0 Å². The van der Waals surface area contributed by atoms with Gasteiger partial charge in [0, 0.05) is 19.1 Å². The highest BCUT2D eigenvalue weighted by Gasteiger charge is 2.32. The number of aromatic hydroxyl groups is 2. The summed E-state index contributed by atoms with van der Waals surface area (Å²) >= 11 is 0. The van der Waals surface area contributed by atoms with E-state index in [1.165, 1.54) is 31.0 Å². The minimum atomic E-state index is -0.488. The van der Waals surface area contributed by atoms with Crippen LogP contribution >= 0.6 is 0 Å². The van der Waals surface area contributed by atoms with Crippen molar-refractivity contribution in [1.82, 2.24) is 10.2 Å². The Morgan fingerprint density at radius 1 is 1.38 bits per heavy atom. The minimum Gasteiger partial charge on any atom is -0.507 e. The van der Waals surface area contributed by atoms with E-state index in [-0.39, 0.29) is 23.2 Å². The first kappa shape index (κ1) is 14.2. The smallest absolute Gasteiger partial charge is 0.258 e. The van der Waals surface area contributed by atoms with E-state index in [1.54, 1.807) is 0 Å². The lowest BCUT2D eigenvalue weighted by Crippen LogP contribution is -2.50. The van der Waals surface area contributed by atoms with E-state index in [9.17, 15) is 15.0 Å². The van der Waals surface area contributed by atoms with Crippen LogP contribution in [0, 0.1) is 0 Å². The number of nitrogens with one attached hydrogen (secondary N) is 1. The molecule has 0 aromatic heterocycles. The van der Waals surface area contributed by atoms with Gasteiger partial charge in [-0.1, -0.05) is 6.07 Å². The number of carbonyl (C=O) groups excluding carboxylic acids is 1. The average Bonchev–Trinajstić information content (AvgIpc) is 2.92. The second-order valence-corrected chi connectivity index (χ2v) is 5.63. The maximum atomic E-state index is 12.1. The number of amides is 1. The highest BCUT2D eigenvalue weighted by molar-refractivity contribution is 5.99. The van der Waals surface area contributed by atoms with Crippen LogP contribution in [0.3, 0.4) is 0 Å². The summed E-state index contributed by atoms with van der Waals surface area (Å²) in [5, 5.41) is 22.0. The number of fused-ring (bicyclic) bond motifs is 1. The Labute approximate surface area is 123 Å². The van der Waals surface area contributed by atoms with Crippen LogP contribution < -0.4 is 5.32 Å². The topological polar surface area (TPSA) is 82.0 Å². The van der Waals surface area contributed by atoms with Crippen LogP contribution in [0.25, 0.3) is 0 Å². The molecule has 1 amide bonds. The van der Waals surface area contributed by atoms with Crippen molar-refractivity contribution >= 4 is 5.91 Å². The van der Waals surface area contributed by atoms with E-state index in [4.69, 9.17) is 4.74 Å². The zero-order valence-corrected chi connectivity index (χ0v) is 11.8. The molecular formula is C15H20N2O4. The van der Waals surface area contributed by atoms with Crippen molar-refractivity contribution in [1.29, 1.82) is 0 Å². The molecule has 0 saturated carbocycles. The zero-order chi connectivity index (χ0) is 14.8. The Bertz CT molecular complexity index is 514. The van der Waals surface area contributed by atoms with Crippen LogP contribution in [-0.2, 0) is 4.74 Å². The Hall–Kier alpha value is -1.79. The van der Waals surface area contributed by atoms with Gasteiger partial charge in [0.15, 0.2) is 0 Å². The minimum absolute atomic E-state index is 0.0451. The number of carbonyl (C=O) groups is 1. The maximum absolute atomic E-state index is 12.1. The molecule has 1 aromatic carbocycles. The SMILES string of the molecule is O=C(NCC1CN2CCCC2CO1)c1c(O)cccc1O. The van der Waals surface area contributed by atoms with E-state index in [2.05, 4.69) is 10.2 Å². The fraction of sp³-hybridized carbons (Fsp3) is 0.533. The Morgan fingerprint density at radius 2 is 2.14 bits per heavy atom. The monoisotopic (exact) mass is 292 g/mol. The Morgan fingerprint density at radius 3 is 2.90 bits per heavy atom. The first-order chi connectivity index (χ1) is 10.1. The number of morpholine rings is 1. The van der Waals surface area contributed by atoms with Gasteiger partial charge in [-0.3, -0.25) is 9.69 Å². The fourth-order valence-electron chi connectivity index (χ4n) is 3.06. The molecule has 0 bridgehead atoms. The van der Waals surface area contributed by atoms with E-state index in [0.717, 1.165) is 13.1 Å². The van der Waals surface area contributed by atoms with Crippen LogP contribution in [0.2, 0.25) is 0 Å². The first-order valence-electron chi connectivity index (χ1n) is 7.30. The third-order valence-electron chi connectivity index (χ3n) is 4.20. The van der Waals surface area contributed by atoms with E-state index < -0.39 is 5.91 Å². The summed E-state index contributed by atoms with van der Waals surface area (Å²) in [5.41, 5.74) is -0.0904. The quantitative estimate of drug-likeness (QED) is 0.763. The molecule has 6 nitrogen and oxygen atoms in total. The molecule has 2 fully saturated rings. The molecule has 114 valence electrons. The molecule has 2 saturated heterocycles. The standard InChI is InChI=1S/C15H20N2O4/c18-12-4-1-5-13(19)14(12)15(20)16-7-11-8-17-6-2-3-10(17)9-21-11/h1,4-5,10-11,18-19H,2-3,6-9H2,(H,16,20). The number of phenolic OH excluding ortho intramolecular Hbond substituents is 2. The summed E-state index contributed by atoms with van der Waals surface area (Å²) in [4.78, 5) is 14.5. The molecule has 1 aromatic rings. The second-order valence-electron chi connectivity index (χ2n) is 5.63. The molecule has 2 aliphatic rings. The van der Waals surface area contributed by atoms with Crippen LogP contribution in [0.1, 0.15) is 23.2 Å². The van der Waals surface area contributed by atoms with Gasteiger partial charge in [0.2, 0.25) is 0 Å². The second kappa shape index (κ2) is 5.91. The highest BCUT2D eigenvalue weighted by atomic mass is 16.5. The van der Waals surface area contributed by atoms with Crippen LogP contribution in [0.15, 0.2) is 18.2 Å². The molecular weight excluding hydrogens is 272 g/mol. The Kier molecular flexibility index (Phi) is 3.98. The number of benzene rings is 1. The first-order valence-corrected chi connectivity index (χ1v) is 7.30. The van der Waals surface area contributed by atoms with E-state index in [1.807, 2.05) is 0 Å². The van der Waals surface area contributed by atoms with Crippen LogP contribution in [-0.4, -0.2) is 59.4 Å². The molecule has 21 heavy (non-hydrogen) atoms. The number of nitrogens with zero attached hydrogens (tertiary/aromatic N) is 1. The third kappa shape index (κ3) is 2.96. The van der Waals surface area contributed by atoms with Crippen LogP contribution in [0.5, 0.6) is 11.5 Å². The van der Waals surface area contributed by atoms with Crippen molar-refractivity contribution in [3.63, 3.8) is 0 Å². The van der Waals surface area contributed by atoms with Crippen molar-refractivity contribution in [3.05, 3.63) is 23.8 Å². The third-order valence-corrected chi connectivity index (χ3v) is 4.20. The fourth-order valence-corrected chi connectivity index (χ4v) is 3.06. The van der Waals surface area contributed by atoms with Crippen molar-refractivity contribution < 1.29 is 19.7 Å². The molecule has 2 atom stereocenters. The van der Waals surface area contributed by atoms with E-state index in [0.29, 0.717) is 19.2 Å². The van der Waals surface area contributed by atoms with Crippen molar-refractivity contribution in [3.8, 4) is 11.5 Å². The number of hydrogen-bond acceptors (Lipinski definition) is 5. The number of hydrogen-bond donors (Lipinski definition) is 3. The maximum Gasteiger partial charge on any atom is 0.258 e. The Balaban J connectivity index is 1.56. The van der Waals surface area contributed by atoms with Gasteiger partial charge < -0.3 is 20.3 Å². The summed E-state index contributed by atoms with van der Waals surface area (Å²) < 4.78 is 5.76. The summed E-state index contributed by atoms with van der Waals surface area (Å²) in [5.74, 6) is -0.939. The average molecular weight is 292 g/mol. The molecule has 3 N–H and O–H groups in total. The predicted octanol–water partition coefficient (Wildman–Crippen LogP) is 0.691. The van der Waals surface area contributed by atoms with Gasteiger partial charge in [-0.15, -0.1) is 0 Å². The normalized spacial score (nSPS) is 25.5. The van der Waals surface area contributed by atoms with Gasteiger partial charge in [0.25, 0.3) is 5.91 Å². The molecule has 3 rings (SSSR count). The van der Waals surface area contributed by atoms with Crippen molar-refractivity contribution in [2.75, 3.05) is 26.2 Å². The largest absolute Gasteiger partial charge is 0.507 e. The summed E-state index contributed by atoms with van der Waals surface area (Å²) in [6.45, 7) is 2.99. The molecule has 0 spiro atoms. The number of ether oxygens (including phenoxy) is 1. The van der Waals surface area contributed by atoms with E-state index >= 15 is 0 Å². The molecule has 0 aliphatic carbocycles. The predicted molar refractivity (Wildman–Crippen MR) is 76.4 cm³/mol. The highest BCUT2D eigenvalue weighted by Crippen LogP contribution is 2.26. The number of rotatable bonds is 3. The van der Waals surface area contributed by atoms with Gasteiger partial charge in [-0.05, 0) is 31.5 Å². The van der Waals surface area contributed by atoms with Gasteiger partial charge in [-0.25, -0.2) is 0 Å². The van der Waals surface area contributed by atoms with Gasteiger partial charge in [0.1, 0.15) is 17.1 Å². The van der Waals surface area contributed by atoms with Crippen molar-refractivity contribution in [2.45, 2.75) is 25.0 Å².